The van der Waals surface area contributed by atoms with Crippen LogP contribution in [-0.2, 0) is 0 Å². The van der Waals surface area contributed by atoms with Gasteiger partial charge in [0, 0.05) is 10.9 Å². The molecule has 0 aliphatic carbocycles. The van der Waals surface area contributed by atoms with Crippen LogP contribution in [0.5, 0.6) is 0 Å². The fourth-order valence-corrected chi connectivity index (χ4v) is 2.29. The molecule has 0 spiro atoms. The van der Waals surface area contributed by atoms with Crippen LogP contribution in [0.4, 0.5) is 0 Å². The van der Waals surface area contributed by atoms with Crippen molar-refractivity contribution in [1.82, 2.24) is 4.90 Å². The highest BCUT2D eigenvalue weighted by atomic mass is 32.1. The van der Waals surface area contributed by atoms with E-state index in [0.29, 0.717) is 0 Å². The molecule has 1 aliphatic heterocycles. The maximum Gasteiger partial charge on any atom is 0.0605 e. The van der Waals surface area contributed by atoms with Crippen molar-refractivity contribution in [3.8, 4) is 11.8 Å². The van der Waals surface area contributed by atoms with E-state index in [1.165, 1.54) is 32.4 Å². The van der Waals surface area contributed by atoms with Crippen molar-refractivity contribution < 1.29 is 0 Å². The second kappa shape index (κ2) is 5.19. The van der Waals surface area contributed by atoms with Gasteiger partial charge in [-0.2, -0.15) is 11.3 Å². The Balaban J connectivity index is 1.80. The van der Waals surface area contributed by atoms with E-state index < -0.39 is 0 Å². The van der Waals surface area contributed by atoms with Crippen molar-refractivity contribution in [2.45, 2.75) is 19.3 Å². The molecule has 1 aromatic rings. The number of hydrogen-bond acceptors (Lipinski definition) is 2. The summed E-state index contributed by atoms with van der Waals surface area (Å²) in [7, 11) is 0. The highest BCUT2D eigenvalue weighted by Crippen LogP contribution is 2.07. The number of nitrogens with zero attached hydrogens (tertiary/aromatic N) is 1. The molecule has 1 aliphatic rings. The minimum absolute atomic E-state index is 0.940. The average molecular weight is 205 g/mol. The number of piperidine rings is 1. The van der Waals surface area contributed by atoms with Gasteiger partial charge in [0.1, 0.15) is 0 Å². The van der Waals surface area contributed by atoms with E-state index in [1.54, 1.807) is 11.3 Å². The summed E-state index contributed by atoms with van der Waals surface area (Å²) in [4.78, 5) is 2.45. The third-order valence-electron chi connectivity index (χ3n) is 2.51. The van der Waals surface area contributed by atoms with Crippen molar-refractivity contribution in [3.63, 3.8) is 0 Å². The first-order valence-corrected chi connectivity index (χ1v) is 6.13. The Hall–Kier alpha value is -0.780. The van der Waals surface area contributed by atoms with Crippen molar-refractivity contribution in [2.75, 3.05) is 19.6 Å². The lowest BCUT2D eigenvalue weighted by Gasteiger charge is -2.23. The minimum atomic E-state index is 0.940. The molecule has 1 saturated heterocycles. The van der Waals surface area contributed by atoms with Crippen molar-refractivity contribution in [1.29, 1.82) is 0 Å². The lowest BCUT2D eigenvalue weighted by atomic mass is 10.1. The predicted molar refractivity (Wildman–Crippen MR) is 61.5 cm³/mol. The van der Waals surface area contributed by atoms with Crippen LogP contribution < -0.4 is 0 Å². The van der Waals surface area contributed by atoms with Gasteiger partial charge < -0.3 is 0 Å². The first kappa shape index (κ1) is 9.76. The molecular formula is C12H15NS. The Kier molecular flexibility index (Phi) is 3.62. The van der Waals surface area contributed by atoms with Crippen molar-refractivity contribution in [3.05, 3.63) is 22.4 Å². The van der Waals surface area contributed by atoms with Gasteiger partial charge in [-0.1, -0.05) is 18.3 Å². The maximum absolute atomic E-state index is 3.24. The quantitative estimate of drug-likeness (QED) is 0.637. The fraction of sp³-hybridized carbons (Fsp3) is 0.500. The molecule has 0 bridgehead atoms. The number of thiophene rings is 1. The Morgan fingerprint density at radius 1 is 1.29 bits per heavy atom. The Labute approximate surface area is 89.7 Å². The molecule has 14 heavy (non-hydrogen) atoms. The van der Waals surface area contributed by atoms with Crippen LogP contribution in [-0.4, -0.2) is 24.5 Å². The summed E-state index contributed by atoms with van der Waals surface area (Å²) in [5.74, 6) is 6.43. The average Bonchev–Trinajstić information content (AvgIpc) is 2.72. The van der Waals surface area contributed by atoms with Crippen LogP contribution in [0.1, 0.15) is 24.8 Å². The van der Waals surface area contributed by atoms with Gasteiger partial charge in [-0.3, -0.25) is 4.90 Å². The van der Waals surface area contributed by atoms with E-state index in [4.69, 9.17) is 0 Å². The predicted octanol–water partition coefficient (Wildman–Crippen LogP) is 2.59. The molecule has 0 atom stereocenters. The molecule has 1 aromatic heterocycles. The van der Waals surface area contributed by atoms with Gasteiger partial charge >= 0.3 is 0 Å². The van der Waals surface area contributed by atoms with Gasteiger partial charge in [-0.25, -0.2) is 0 Å². The molecule has 0 aromatic carbocycles. The summed E-state index contributed by atoms with van der Waals surface area (Å²) >= 11 is 1.71. The van der Waals surface area contributed by atoms with Crippen molar-refractivity contribution >= 4 is 11.3 Å². The Morgan fingerprint density at radius 2 is 2.14 bits per heavy atom. The topological polar surface area (TPSA) is 3.24 Å². The molecule has 1 nitrogen and oxygen atoms in total. The van der Waals surface area contributed by atoms with Crippen LogP contribution in [0, 0.1) is 11.8 Å². The zero-order chi connectivity index (χ0) is 9.64. The zero-order valence-electron chi connectivity index (χ0n) is 8.33. The summed E-state index contributed by atoms with van der Waals surface area (Å²) < 4.78 is 0. The molecule has 2 heteroatoms. The number of likely N-dealkylation sites (tertiary alicyclic amines) is 1. The van der Waals surface area contributed by atoms with Crippen LogP contribution in [0.25, 0.3) is 0 Å². The summed E-state index contributed by atoms with van der Waals surface area (Å²) in [6, 6.07) is 2.08. The highest BCUT2D eigenvalue weighted by Gasteiger charge is 2.07. The Bertz CT molecular complexity index is 312. The monoisotopic (exact) mass is 205 g/mol. The fourth-order valence-electron chi connectivity index (χ4n) is 1.71. The van der Waals surface area contributed by atoms with E-state index in [9.17, 15) is 0 Å². The number of rotatable bonds is 1. The van der Waals surface area contributed by atoms with E-state index in [0.717, 1.165) is 12.1 Å². The van der Waals surface area contributed by atoms with E-state index in [-0.39, 0.29) is 0 Å². The molecule has 2 rings (SSSR count). The lowest BCUT2D eigenvalue weighted by Crippen LogP contribution is -2.29. The smallest absolute Gasteiger partial charge is 0.0605 e. The summed E-state index contributed by atoms with van der Waals surface area (Å²) in [5, 5.41) is 4.17. The van der Waals surface area contributed by atoms with Gasteiger partial charge in [-0.05, 0) is 37.4 Å². The van der Waals surface area contributed by atoms with Crippen LogP contribution >= 0.6 is 11.3 Å². The number of hydrogen-bond donors (Lipinski definition) is 0. The normalized spacial score (nSPS) is 17.4. The van der Waals surface area contributed by atoms with Gasteiger partial charge in [-0.15, -0.1) is 0 Å². The van der Waals surface area contributed by atoms with Gasteiger partial charge in [0.25, 0.3) is 0 Å². The highest BCUT2D eigenvalue weighted by molar-refractivity contribution is 7.08. The molecule has 0 N–H and O–H groups in total. The SMILES string of the molecule is C(#Cc1ccsc1)CN1CCCCC1. The standard InChI is InChI=1S/C12H15NS/c1-2-7-13(8-3-1)9-4-5-12-6-10-14-11-12/h6,10-11H,1-3,7-9H2. The van der Waals surface area contributed by atoms with Gasteiger partial charge in [0.2, 0.25) is 0 Å². The van der Waals surface area contributed by atoms with Gasteiger partial charge in [0.05, 0.1) is 6.54 Å². The molecule has 1 fully saturated rings. The summed E-state index contributed by atoms with van der Waals surface area (Å²) in [6.07, 6.45) is 4.09. The lowest BCUT2D eigenvalue weighted by molar-refractivity contribution is 0.255. The molecule has 0 amide bonds. The van der Waals surface area contributed by atoms with E-state index in [1.807, 2.05) is 0 Å². The second-order valence-corrected chi connectivity index (χ2v) is 4.43. The van der Waals surface area contributed by atoms with E-state index >= 15 is 0 Å². The molecule has 2 heterocycles. The first-order valence-electron chi connectivity index (χ1n) is 5.18. The molecule has 74 valence electrons. The van der Waals surface area contributed by atoms with Crippen LogP contribution in [0.15, 0.2) is 16.8 Å². The summed E-state index contributed by atoms with van der Waals surface area (Å²) in [5.41, 5.74) is 1.16. The Morgan fingerprint density at radius 3 is 2.86 bits per heavy atom. The maximum atomic E-state index is 3.24. The minimum Gasteiger partial charge on any atom is -0.292 e. The van der Waals surface area contributed by atoms with E-state index in [2.05, 4.69) is 33.6 Å². The second-order valence-electron chi connectivity index (χ2n) is 3.65. The molecule has 0 radical (unpaired) electrons. The zero-order valence-corrected chi connectivity index (χ0v) is 9.15. The van der Waals surface area contributed by atoms with Crippen molar-refractivity contribution in [2.24, 2.45) is 0 Å². The van der Waals surface area contributed by atoms with Crippen LogP contribution in [0.3, 0.4) is 0 Å². The van der Waals surface area contributed by atoms with Crippen LogP contribution in [0.2, 0.25) is 0 Å². The molecular weight excluding hydrogens is 190 g/mol. The first-order chi connectivity index (χ1) is 6.95. The molecule has 0 saturated carbocycles. The van der Waals surface area contributed by atoms with Gasteiger partial charge in [0.15, 0.2) is 0 Å². The third kappa shape index (κ3) is 2.87. The largest absolute Gasteiger partial charge is 0.292 e. The third-order valence-corrected chi connectivity index (χ3v) is 3.19. The summed E-state index contributed by atoms with van der Waals surface area (Å²) in [6.45, 7) is 3.41. The molecule has 0 unspecified atom stereocenters.